The summed E-state index contributed by atoms with van der Waals surface area (Å²) in [6, 6.07) is 0. The summed E-state index contributed by atoms with van der Waals surface area (Å²) in [6.45, 7) is 1.92. The fourth-order valence-electron chi connectivity index (χ4n) is 0.344. The van der Waals surface area contributed by atoms with Gasteiger partial charge in [0.05, 0.1) is 6.67 Å². The van der Waals surface area contributed by atoms with Crippen LogP contribution < -0.4 is 0 Å². The fraction of sp³-hybridized carbons (Fsp3) is 1.00. The summed E-state index contributed by atoms with van der Waals surface area (Å²) in [7, 11) is 0. The molecule has 7 heavy (non-hydrogen) atoms. The minimum atomic E-state index is -0.145. The SMILES string of the molecule is CCCCCF.[SiH4]. The van der Waals surface area contributed by atoms with Crippen LogP contribution in [0.15, 0.2) is 0 Å². The number of alkyl halides is 1. The molecule has 0 aliphatic carbocycles. The van der Waals surface area contributed by atoms with E-state index in [1.54, 1.807) is 0 Å². The third-order valence-electron chi connectivity index (χ3n) is 0.737. The number of hydrogen-bond acceptors (Lipinski definition) is 0. The molecule has 0 bridgehead atoms. The monoisotopic (exact) mass is 122 g/mol. The second kappa shape index (κ2) is 9.47. The molecule has 0 amide bonds. The Bertz CT molecular complexity index is 20.0. The van der Waals surface area contributed by atoms with Crippen molar-refractivity contribution in [1.29, 1.82) is 0 Å². The molecule has 0 unspecified atom stereocenters. The van der Waals surface area contributed by atoms with Gasteiger partial charge in [0, 0.05) is 0 Å². The van der Waals surface area contributed by atoms with Gasteiger partial charge in [0.1, 0.15) is 0 Å². The molecule has 0 aromatic rings. The van der Waals surface area contributed by atoms with E-state index in [-0.39, 0.29) is 17.6 Å². The van der Waals surface area contributed by atoms with Crippen molar-refractivity contribution >= 4 is 11.0 Å². The van der Waals surface area contributed by atoms with Crippen LogP contribution in [0.4, 0.5) is 4.39 Å². The molecule has 0 aliphatic rings. The van der Waals surface area contributed by atoms with Gasteiger partial charge in [0.15, 0.2) is 0 Å². The molecule has 0 N–H and O–H groups in total. The summed E-state index contributed by atoms with van der Waals surface area (Å²) in [5.41, 5.74) is 0. The van der Waals surface area contributed by atoms with E-state index in [2.05, 4.69) is 6.92 Å². The molecule has 46 valence electrons. The molecule has 0 atom stereocenters. The van der Waals surface area contributed by atoms with Crippen molar-refractivity contribution in [3.05, 3.63) is 0 Å². The van der Waals surface area contributed by atoms with Crippen LogP contribution in [0.1, 0.15) is 26.2 Å². The quantitative estimate of drug-likeness (QED) is 0.382. The largest absolute Gasteiger partial charge is 0.251 e. The molecule has 0 aromatic heterocycles. The number of hydrogen-bond donors (Lipinski definition) is 0. The van der Waals surface area contributed by atoms with Crippen molar-refractivity contribution in [2.75, 3.05) is 6.67 Å². The van der Waals surface area contributed by atoms with Crippen LogP contribution >= 0.6 is 0 Å². The van der Waals surface area contributed by atoms with Crippen LogP contribution in [0.2, 0.25) is 0 Å². The predicted octanol–water partition coefficient (Wildman–Crippen LogP) is 0.694. The highest BCUT2D eigenvalue weighted by Gasteiger charge is 1.78. The van der Waals surface area contributed by atoms with Crippen LogP contribution in [0.25, 0.3) is 0 Å². The lowest BCUT2D eigenvalue weighted by molar-refractivity contribution is 0.460. The second-order valence-electron chi connectivity index (χ2n) is 1.40. The smallest absolute Gasteiger partial charge is 0.0894 e. The van der Waals surface area contributed by atoms with E-state index in [9.17, 15) is 4.39 Å². The molecule has 0 saturated heterocycles. The van der Waals surface area contributed by atoms with Gasteiger partial charge in [-0.1, -0.05) is 19.8 Å². The topological polar surface area (TPSA) is 0 Å². The highest BCUT2D eigenvalue weighted by atomic mass is 28.1. The Morgan fingerprint density at radius 1 is 1.29 bits per heavy atom. The van der Waals surface area contributed by atoms with Crippen molar-refractivity contribution in [3.8, 4) is 0 Å². The van der Waals surface area contributed by atoms with E-state index in [4.69, 9.17) is 0 Å². The normalized spacial score (nSPS) is 7.71. The van der Waals surface area contributed by atoms with Crippen LogP contribution in [0.3, 0.4) is 0 Å². The minimum Gasteiger partial charge on any atom is -0.251 e. The van der Waals surface area contributed by atoms with Gasteiger partial charge in [-0.15, -0.1) is 0 Å². The summed E-state index contributed by atoms with van der Waals surface area (Å²) in [6.07, 6.45) is 2.90. The van der Waals surface area contributed by atoms with Gasteiger partial charge in [-0.3, -0.25) is 4.39 Å². The lowest BCUT2D eigenvalue weighted by Crippen LogP contribution is -1.72. The van der Waals surface area contributed by atoms with E-state index >= 15 is 0 Å². The van der Waals surface area contributed by atoms with E-state index < -0.39 is 0 Å². The molecular weight excluding hydrogens is 107 g/mol. The molecular formula is C5H15FSi. The zero-order valence-electron chi connectivity index (χ0n) is 4.21. The molecule has 0 radical (unpaired) electrons. The first-order chi connectivity index (χ1) is 2.91. The van der Waals surface area contributed by atoms with Gasteiger partial charge in [-0.2, -0.15) is 0 Å². The molecule has 0 aromatic carbocycles. The van der Waals surface area contributed by atoms with Crippen LogP contribution in [-0.4, -0.2) is 17.6 Å². The van der Waals surface area contributed by atoms with Crippen LogP contribution in [-0.2, 0) is 0 Å². The van der Waals surface area contributed by atoms with Gasteiger partial charge in [0.2, 0.25) is 0 Å². The lowest BCUT2D eigenvalue weighted by Gasteiger charge is -1.84. The van der Waals surface area contributed by atoms with Crippen molar-refractivity contribution < 1.29 is 4.39 Å². The van der Waals surface area contributed by atoms with E-state index in [0.717, 1.165) is 19.3 Å². The zero-order valence-corrected chi connectivity index (χ0v) is 4.21. The van der Waals surface area contributed by atoms with Gasteiger partial charge < -0.3 is 0 Å². The zero-order chi connectivity index (χ0) is 4.83. The third kappa shape index (κ3) is 10.7. The summed E-state index contributed by atoms with van der Waals surface area (Å²) < 4.78 is 11.2. The number of unbranched alkanes of at least 4 members (excludes halogenated alkanes) is 2. The third-order valence-corrected chi connectivity index (χ3v) is 0.737. The first-order valence-corrected chi connectivity index (χ1v) is 2.47. The Labute approximate surface area is 49.1 Å². The Hall–Kier alpha value is 0.147. The first-order valence-electron chi connectivity index (χ1n) is 2.47. The Morgan fingerprint density at radius 3 is 2.00 bits per heavy atom. The minimum absolute atomic E-state index is 0. The molecule has 0 spiro atoms. The molecule has 0 saturated carbocycles. The molecule has 2 heteroatoms. The van der Waals surface area contributed by atoms with E-state index in [1.165, 1.54) is 0 Å². The van der Waals surface area contributed by atoms with Crippen LogP contribution in [0, 0.1) is 0 Å². The summed E-state index contributed by atoms with van der Waals surface area (Å²) >= 11 is 0. The molecule has 0 fully saturated rings. The predicted molar refractivity (Wildman–Crippen MR) is 36.8 cm³/mol. The number of rotatable bonds is 3. The average molecular weight is 122 g/mol. The lowest BCUT2D eigenvalue weighted by atomic mass is 10.3. The maximum absolute atomic E-state index is 11.2. The van der Waals surface area contributed by atoms with E-state index in [1.807, 2.05) is 0 Å². The van der Waals surface area contributed by atoms with Crippen molar-refractivity contribution in [3.63, 3.8) is 0 Å². The van der Waals surface area contributed by atoms with Gasteiger partial charge in [0.25, 0.3) is 0 Å². The van der Waals surface area contributed by atoms with Crippen molar-refractivity contribution in [1.82, 2.24) is 0 Å². The average Bonchev–Trinajstić information content (AvgIpc) is 1.61. The second-order valence-corrected chi connectivity index (χ2v) is 1.40. The molecule has 0 nitrogen and oxygen atoms in total. The van der Waals surface area contributed by atoms with E-state index in [0.29, 0.717) is 0 Å². The standard InChI is InChI=1S/C5H11F.H4Si/c1-2-3-4-5-6;/h2-5H2,1H3;1H4. The van der Waals surface area contributed by atoms with Crippen molar-refractivity contribution in [2.45, 2.75) is 26.2 Å². The fourth-order valence-corrected chi connectivity index (χ4v) is 0.344. The highest BCUT2D eigenvalue weighted by molar-refractivity contribution is 5.75. The summed E-state index contributed by atoms with van der Waals surface area (Å²) in [5, 5.41) is 0. The molecule has 0 rings (SSSR count). The summed E-state index contributed by atoms with van der Waals surface area (Å²) in [5.74, 6) is 0. The van der Waals surface area contributed by atoms with Gasteiger partial charge in [-0.25, -0.2) is 0 Å². The number of halogens is 1. The van der Waals surface area contributed by atoms with Crippen molar-refractivity contribution in [2.24, 2.45) is 0 Å². The van der Waals surface area contributed by atoms with Gasteiger partial charge >= 0.3 is 0 Å². The Kier molecular flexibility index (Phi) is 13.8. The highest BCUT2D eigenvalue weighted by Crippen LogP contribution is 1.91. The molecule has 0 heterocycles. The maximum Gasteiger partial charge on any atom is 0.0894 e. The maximum atomic E-state index is 11.2. The summed E-state index contributed by atoms with van der Waals surface area (Å²) in [4.78, 5) is 0. The van der Waals surface area contributed by atoms with Gasteiger partial charge in [-0.05, 0) is 17.4 Å². The molecule has 0 aliphatic heterocycles. The Morgan fingerprint density at radius 2 is 1.86 bits per heavy atom. The Balaban J connectivity index is 0. The first kappa shape index (κ1) is 10.2. The van der Waals surface area contributed by atoms with Crippen LogP contribution in [0.5, 0.6) is 0 Å².